The van der Waals surface area contributed by atoms with E-state index in [-0.39, 0.29) is 23.2 Å². The summed E-state index contributed by atoms with van der Waals surface area (Å²) >= 11 is 0. The lowest BCUT2D eigenvalue weighted by Gasteiger charge is -2.21. The van der Waals surface area contributed by atoms with E-state index in [1.807, 2.05) is 7.05 Å². The minimum absolute atomic E-state index is 0.119. The molecule has 0 saturated carbocycles. The average Bonchev–Trinajstić information content (AvgIpc) is 2.62. The van der Waals surface area contributed by atoms with Crippen molar-refractivity contribution in [3.8, 4) is 5.75 Å². The van der Waals surface area contributed by atoms with Crippen molar-refractivity contribution in [1.82, 2.24) is 0 Å². The van der Waals surface area contributed by atoms with Gasteiger partial charge in [0.15, 0.2) is 6.04 Å². The smallest absolute Gasteiger partial charge is 0.282 e. The van der Waals surface area contributed by atoms with E-state index in [1.54, 1.807) is 19.1 Å². The molecule has 0 aliphatic heterocycles. The number of hydrogen-bond acceptors (Lipinski definition) is 4. The number of non-ortho nitro benzene ring substituents is 1. The van der Waals surface area contributed by atoms with Gasteiger partial charge in [-0.2, -0.15) is 0 Å². The number of nitro groups is 1. The fourth-order valence-electron chi connectivity index (χ4n) is 2.44. The number of ether oxygens (including phenoxy) is 1. The Balaban J connectivity index is 2.06. The second-order valence-electron chi connectivity index (χ2n) is 6.00. The normalized spacial score (nSPS) is 12.9. The zero-order chi connectivity index (χ0) is 19.3. The molecule has 8 heteroatoms. The number of methoxy groups -OCH3 is 1. The van der Waals surface area contributed by atoms with Crippen LogP contribution in [0.2, 0.25) is 0 Å². The first kappa shape index (κ1) is 19.3. The fraction of sp³-hybridized carbons (Fsp3) is 0.278. The van der Waals surface area contributed by atoms with Crippen LogP contribution >= 0.6 is 0 Å². The first-order valence-electron chi connectivity index (χ1n) is 8.02. The Morgan fingerprint density at radius 2 is 1.96 bits per heavy atom. The van der Waals surface area contributed by atoms with Crippen LogP contribution in [0.3, 0.4) is 0 Å². The molecule has 0 heterocycles. The predicted octanol–water partition coefficient (Wildman–Crippen LogP) is 1.78. The number of nitrogens with one attached hydrogen (secondary N) is 2. The maximum Gasteiger partial charge on any atom is 0.282 e. The van der Waals surface area contributed by atoms with Crippen LogP contribution in [0.1, 0.15) is 12.5 Å². The highest BCUT2D eigenvalue weighted by Gasteiger charge is 2.23. The summed E-state index contributed by atoms with van der Waals surface area (Å²) in [6.07, 6.45) is 0. The molecule has 0 aromatic heterocycles. The second kappa shape index (κ2) is 8.39. The first-order valence-corrected chi connectivity index (χ1v) is 8.02. The van der Waals surface area contributed by atoms with Gasteiger partial charge < -0.3 is 15.0 Å². The molecule has 26 heavy (non-hydrogen) atoms. The van der Waals surface area contributed by atoms with Gasteiger partial charge >= 0.3 is 0 Å². The first-order chi connectivity index (χ1) is 12.3. The lowest BCUT2D eigenvalue weighted by atomic mass is 10.1. The Kier molecular flexibility index (Phi) is 6.24. The quantitative estimate of drug-likeness (QED) is 0.581. The van der Waals surface area contributed by atoms with E-state index in [4.69, 9.17) is 4.74 Å². The summed E-state index contributed by atoms with van der Waals surface area (Å²) in [5, 5.41) is 13.6. The van der Waals surface area contributed by atoms with Crippen LogP contribution in [-0.2, 0) is 11.3 Å². The number of rotatable bonds is 7. The summed E-state index contributed by atoms with van der Waals surface area (Å²) in [6.45, 7) is 2.32. The third-order valence-electron chi connectivity index (χ3n) is 4.18. The van der Waals surface area contributed by atoms with Gasteiger partial charge in [0, 0.05) is 11.6 Å². The molecule has 0 aliphatic rings. The molecule has 0 bridgehead atoms. The molecule has 138 valence electrons. The molecule has 7 nitrogen and oxygen atoms in total. The number of quaternary nitrogens is 1. The highest BCUT2D eigenvalue weighted by Crippen LogP contribution is 2.28. The van der Waals surface area contributed by atoms with Crippen LogP contribution in [0.15, 0.2) is 42.5 Å². The summed E-state index contributed by atoms with van der Waals surface area (Å²) in [6, 6.07) is 9.74. The summed E-state index contributed by atoms with van der Waals surface area (Å²) < 4.78 is 18.1. The van der Waals surface area contributed by atoms with Crippen LogP contribution in [0.25, 0.3) is 0 Å². The van der Waals surface area contributed by atoms with E-state index in [9.17, 15) is 19.3 Å². The van der Waals surface area contributed by atoms with Gasteiger partial charge in [-0.05, 0) is 25.1 Å². The van der Waals surface area contributed by atoms with Crippen molar-refractivity contribution in [2.75, 3.05) is 19.5 Å². The lowest BCUT2D eigenvalue weighted by Crippen LogP contribution is -3.12. The molecule has 0 radical (unpaired) electrons. The van der Waals surface area contributed by atoms with Gasteiger partial charge in [-0.3, -0.25) is 14.9 Å². The van der Waals surface area contributed by atoms with Crippen LogP contribution < -0.4 is 15.0 Å². The van der Waals surface area contributed by atoms with Crippen molar-refractivity contribution in [3.63, 3.8) is 0 Å². The average molecular weight is 362 g/mol. The number of nitro benzene ring substituents is 1. The van der Waals surface area contributed by atoms with Gasteiger partial charge in [-0.25, -0.2) is 4.39 Å². The molecule has 2 rings (SSSR count). The number of benzene rings is 2. The van der Waals surface area contributed by atoms with E-state index in [0.717, 1.165) is 10.5 Å². The van der Waals surface area contributed by atoms with Crippen LogP contribution in [0.4, 0.5) is 15.8 Å². The van der Waals surface area contributed by atoms with Crippen molar-refractivity contribution in [1.29, 1.82) is 0 Å². The van der Waals surface area contributed by atoms with E-state index in [2.05, 4.69) is 5.32 Å². The number of carbonyl (C=O) groups is 1. The van der Waals surface area contributed by atoms with Crippen LogP contribution in [-0.4, -0.2) is 31.0 Å². The summed E-state index contributed by atoms with van der Waals surface area (Å²) in [5.41, 5.74) is 1.16. The van der Waals surface area contributed by atoms with Gasteiger partial charge in [0.2, 0.25) is 0 Å². The van der Waals surface area contributed by atoms with Crippen molar-refractivity contribution in [2.24, 2.45) is 0 Å². The largest absolute Gasteiger partial charge is 0.494 e. The zero-order valence-corrected chi connectivity index (χ0v) is 14.8. The Morgan fingerprint density at radius 3 is 2.54 bits per heavy atom. The van der Waals surface area contributed by atoms with Gasteiger partial charge in [0.1, 0.15) is 18.1 Å². The van der Waals surface area contributed by atoms with Gasteiger partial charge in [0.05, 0.1) is 30.8 Å². The molecule has 2 atom stereocenters. The van der Waals surface area contributed by atoms with Crippen molar-refractivity contribution in [2.45, 2.75) is 19.5 Å². The molecule has 0 spiro atoms. The monoisotopic (exact) mass is 362 g/mol. The molecular weight excluding hydrogens is 341 g/mol. The highest BCUT2D eigenvalue weighted by molar-refractivity contribution is 5.95. The Hall–Kier alpha value is -3.00. The van der Waals surface area contributed by atoms with Crippen molar-refractivity contribution in [3.05, 3.63) is 64.0 Å². The predicted molar refractivity (Wildman–Crippen MR) is 94.7 cm³/mol. The van der Waals surface area contributed by atoms with Gasteiger partial charge in [-0.1, -0.05) is 12.1 Å². The topological polar surface area (TPSA) is 85.9 Å². The maximum atomic E-state index is 13.0. The van der Waals surface area contributed by atoms with E-state index >= 15 is 0 Å². The van der Waals surface area contributed by atoms with Crippen molar-refractivity contribution < 1.29 is 23.7 Å². The van der Waals surface area contributed by atoms with E-state index < -0.39 is 11.0 Å². The standard InChI is InChI=1S/C18H20FN3O4/c1-12(21(2)11-13-4-6-14(19)7-5-13)18(23)20-16-9-8-15(22(24)25)10-17(16)26-3/h4-10,12H,11H2,1-3H3,(H,20,23)/p+1/t12-/m0/s1. The maximum absolute atomic E-state index is 13.0. The lowest BCUT2D eigenvalue weighted by molar-refractivity contribution is -0.907. The number of nitrogens with zero attached hydrogens (tertiary/aromatic N) is 1. The van der Waals surface area contributed by atoms with Gasteiger partial charge in [0.25, 0.3) is 11.6 Å². The molecule has 2 aromatic carbocycles. The molecule has 0 saturated heterocycles. The SMILES string of the molecule is COc1cc([N+](=O)[O-])ccc1NC(=O)[C@H](C)[NH+](C)Cc1ccc(F)cc1. The number of likely N-dealkylation sites (N-methyl/N-ethyl adjacent to an activating group) is 1. The second-order valence-corrected chi connectivity index (χ2v) is 6.00. The summed E-state index contributed by atoms with van der Waals surface area (Å²) in [4.78, 5) is 23.7. The molecule has 1 amide bonds. The number of carbonyl (C=O) groups excluding carboxylic acids is 1. The summed E-state index contributed by atoms with van der Waals surface area (Å²) in [5.74, 6) is -0.338. The number of halogens is 1. The molecule has 1 unspecified atom stereocenters. The Morgan fingerprint density at radius 1 is 1.31 bits per heavy atom. The van der Waals surface area contributed by atoms with Crippen LogP contribution in [0.5, 0.6) is 5.75 Å². The molecule has 2 aromatic rings. The number of anilines is 1. The summed E-state index contributed by atoms with van der Waals surface area (Å²) in [7, 11) is 3.24. The van der Waals surface area contributed by atoms with E-state index in [0.29, 0.717) is 12.2 Å². The molecule has 2 N–H and O–H groups in total. The fourth-order valence-corrected chi connectivity index (χ4v) is 2.44. The van der Waals surface area contributed by atoms with Crippen LogP contribution in [0, 0.1) is 15.9 Å². The highest BCUT2D eigenvalue weighted by atomic mass is 19.1. The molecule has 0 aliphatic carbocycles. The third-order valence-corrected chi connectivity index (χ3v) is 4.18. The van der Waals surface area contributed by atoms with E-state index in [1.165, 1.54) is 37.4 Å². The third kappa shape index (κ3) is 4.76. The van der Waals surface area contributed by atoms with Gasteiger partial charge in [-0.15, -0.1) is 0 Å². The van der Waals surface area contributed by atoms with Crippen molar-refractivity contribution >= 4 is 17.3 Å². The minimum Gasteiger partial charge on any atom is -0.494 e. The Labute approximate surface area is 150 Å². The minimum atomic E-state index is -0.530. The Bertz CT molecular complexity index is 796. The number of amides is 1. The number of hydrogen-bond donors (Lipinski definition) is 2. The molecule has 0 fully saturated rings. The zero-order valence-electron chi connectivity index (χ0n) is 14.8. The molecular formula is C18H21FN3O4+.